The van der Waals surface area contributed by atoms with Gasteiger partial charge in [0, 0.05) is 17.1 Å². The van der Waals surface area contributed by atoms with Crippen LogP contribution >= 0.6 is 11.6 Å². The fourth-order valence-corrected chi connectivity index (χ4v) is 5.47. The summed E-state index contributed by atoms with van der Waals surface area (Å²) in [4.78, 5) is 33.5. The fraction of sp³-hybridized carbons (Fsp3) is 0.400. The molecule has 1 aliphatic carbocycles. The number of benzene rings is 1. The van der Waals surface area contributed by atoms with Crippen molar-refractivity contribution < 1.29 is 23.8 Å². The average molecular weight is 469 g/mol. The van der Waals surface area contributed by atoms with E-state index in [0.717, 1.165) is 0 Å². The van der Waals surface area contributed by atoms with Crippen LogP contribution < -0.4 is 14.4 Å². The lowest BCUT2D eigenvalue weighted by Crippen LogP contribution is -2.44. The molecule has 2 aromatic rings. The summed E-state index contributed by atoms with van der Waals surface area (Å²) in [6, 6.07) is 9.97. The van der Waals surface area contributed by atoms with Crippen LogP contribution in [0.15, 0.2) is 53.9 Å². The van der Waals surface area contributed by atoms with Gasteiger partial charge in [-0.1, -0.05) is 25.1 Å². The molecule has 1 aromatic carbocycles. The zero-order valence-electron chi connectivity index (χ0n) is 18.7. The van der Waals surface area contributed by atoms with Crippen molar-refractivity contribution in [1.29, 1.82) is 0 Å². The van der Waals surface area contributed by atoms with E-state index in [2.05, 4.69) is 4.98 Å². The highest BCUT2D eigenvalue weighted by Crippen LogP contribution is 2.51. The van der Waals surface area contributed by atoms with Gasteiger partial charge in [-0.25, -0.2) is 4.98 Å². The molecule has 0 saturated heterocycles. The predicted octanol–water partition coefficient (Wildman–Crippen LogP) is 4.06. The van der Waals surface area contributed by atoms with E-state index in [-0.39, 0.29) is 34.8 Å². The van der Waals surface area contributed by atoms with Crippen molar-refractivity contribution in [3.8, 4) is 11.5 Å². The van der Waals surface area contributed by atoms with Crippen LogP contribution in [-0.2, 0) is 14.3 Å². The number of rotatable bonds is 4. The number of hydrogen-bond acceptors (Lipinski definition) is 6. The molecule has 1 amide bonds. The number of pyridine rings is 1. The second-order valence-electron chi connectivity index (χ2n) is 8.68. The number of anilines is 1. The Morgan fingerprint density at radius 1 is 1.09 bits per heavy atom. The summed E-state index contributed by atoms with van der Waals surface area (Å²) in [5, 5.41) is -0.116. The molecule has 3 aliphatic rings. The lowest BCUT2D eigenvalue weighted by Gasteiger charge is -2.40. The number of aromatic nitrogens is 1. The summed E-state index contributed by atoms with van der Waals surface area (Å²) in [6.45, 7) is 2.05. The van der Waals surface area contributed by atoms with Crippen LogP contribution in [0.3, 0.4) is 0 Å². The molecule has 5 atom stereocenters. The number of nitrogens with zero attached hydrogens (tertiary/aromatic N) is 2. The van der Waals surface area contributed by atoms with E-state index in [4.69, 9.17) is 25.8 Å². The number of Topliss-reactive ketones (excluding diaryl/α,β-unsaturated/α-hetero) is 1. The number of methoxy groups -OCH3 is 2. The third-order valence-corrected chi connectivity index (χ3v) is 7.44. The molecule has 0 bridgehead atoms. The van der Waals surface area contributed by atoms with Crippen molar-refractivity contribution in [2.75, 3.05) is 19.1 Å². The molecule has 1 fully saturated rings. The Labute approximate surface area is 197 Å². The molecular weight excluding hydrogens is 444 g/mol. The number of alkyl halides is 1. The van der Waals surface area contributed by atoms with Crippen LogP contribution in [-0.4, -0.2) is 42.4 Å². The van der Waals surface area contributed by atoms with E-state index in [1.807, 2.05) is 19.1 Å². The molecular formula is C25H25ClN2O5. The van der Waals surface area contributed by atoms with E-state index in [1.165, 1.54) is 12.0 Å². The van der Waals surface area contributed by atoms with Gasteiger partial charge in [-0.15, -0.1) is 11.6 Å². The minimum atomic E-state index is -0.756. The Kier molecular flexibility index (Phi) is 5.52. The molecule has 0 radical (unpaired) electrons. The second kappa shape index (κ2) is 8.37. The van der Waals surface area contributed by atoms with Gasteiger partial charge in [0.05, 0.1) is 25.7 Å². The van der Waals surface area contributed by atoms with Crippen molar-refractivity contribution in [2.24, 2.45) is 11.8 Å². The van der Waals surface area contributed by atoms with Crippen molar-refractivity contribution in [1.82, 2.24) is 4.98 Å². The monoisotopic (exact) mass is 468 g/mol. The van der Waals surface area contributed by atoms with Crippen molar-refractivity contribution in [2.45, 2.75) is 37.3 Å². The SMILES string of the molecule is COc1cccc(C2C3=C(OC4CC(C)C(Cl)CC4C3=O)C(=O)N2c2ccccn2)c1OC. The number of halogens is 1. The van der Waals surface area contributed by atoms with Gasteiger partial charge in [0.15, 0.2) is 23.0 Å². The quantitative estimate of drug-likeness (QED) is 0.630. The first-order valence-corrected chi connectivity index (χ1v) is 11.4. The van der Waals surface area contributed by atoms with Crippen LogP contribution in [0, 0.1) is 11.8 Å². The molecule has 0 N–H and O–H groups in total. The maximum Gasteiger partial charge on any atom is 0.295 e. The van der Waals surface area contributed by atoms with Crippen molar-refractivity contribution in [3.63, 3.8) is 0 Å². The molecule has 1 saturated carbocycles. The molecule has 2 aliphatic heterocycles. The maximum atomic E-state index is 13.9. The van der Waals surface area contributed by atoms with Gasteiger partial charge in [0.2, 0.25) is 0 Å². The van der Waals surface area contributed by atoms with Gasteiger partial charge in [0.1, 0.15) is 18.0 Å². The maximum absolute atomic E-state index is 13.9. The predicted molar refractivity (Wildman–Crippen MR) is 122 cm³/mol. The lowest BCUT2D eigenvalue weighted by molar-refractivity contribution is -0.132. The number of fused-ring (bicyclic) bond motifs is 1. The third kappa shape index (κ3) is 3.37. The van der Waals surface area contributed by atoms with Gasteiger partial charge < -0.3 is 14.2 Å². The summed E-state index contributed by atoms with van der Waals surface area (Å²) in [7, 11) is 3.08. The first-order chi connectivity index (χ1) is 16.0. The van der Waals surface area contributed by atoms with E-state index >= 15 is 0 Å². The fourth-order valence-electron chi connectivity index (χ4n) is 5.17. The molecule has 5 rings (SSSR count). The lowest BCUT2D eigenvalue weighted by atomic mass is 9.74. The number of amides is 1. The molecule has 1 aromatic heterocycles. The van der Waals surface area contributed by atoms with E-state index in [0.29, 0.717) is 41.3 Å². The van der Waals surface area contributed by atoms with Crippen molar-refractivity contribution >= 4 is 29.1 Å². The summed E-state index contributed by atoms with van der Waals surface area (Å²) in [5.41, 5.74) is 0.958. The highest BCUT2D eigenvalue weighted by Gasteiger charge is 2.54. The summed E-state index contributed by atoms with van der Waals surface area (Å²) in [5.74, 6) is 0.809. The van der Waals surface area contributed by atoms with Gasteiger partial charge in [-0.05, 0) is 37.0 Å². The van der Waals surface area contributed by atoms with Crippen molar-refractivity contribution in [3.05, 3.63) is 59.5 Å². The zero-order chi connectivity index (χ0) is 23.3. The molecule has 7 nitrogen and oxygen atoms in total. The Morgan fingerprint density at radius 2 is 1.91 bits per heavy atom. The number of para-hydroxylation sites is 1. The van der Waals surface area contributed by atoms with Gasteiger partial charge in [-0.2, -0.15) is 0 Å². The minimum Gasteiger partial charge on any atom is -0.493 e. The second-order valence-corrected chi connectivity index (χ2v) is 9.24. The molecule has 33 heavy (non-hydrogen) atoms. The van der Waals surface area contributed by atoms with Crippen LogP contribution in [0.5, 0.6) is 11.5 Å². The van der Waals surface area contributed by atoms with E-state index in [9.17, 15) is 9.59 Å². The summed E-state index contributed by atoms with van der Waals surface area (Å²) < 4.78 is 17.4. The Hall–Kier alpha value is -3.06. The minimum absolute atomic E-state index is 0.0968. The Bertz CT molecular complexity index is 1130. The first kappa shape index (κ1) is 21.8. The first-order valence-electron chi connectivity index (χ1n) is 11.0. The standard InChI is InChI=1S/C25H25ClN2O5/c1-13-11-18-15(12-16(13)26)22(29)20-21(14-7-6-8-17(31-2)23(14)32-3)28(25(30)24(20)33-18)19-9-4-5-10-27-19/h4-10,13,15-16,18,21H,11-12H2,1-3H3. The zero-order valence-corrected chi connectivity index (χ0v) is 19.4. The third-order valence-electron chi connectivity index (χ3n) is 6.83. The van der Waals surface area contributed by atoms with Gasteiger partial charge in [-0.3, -0.25) is 14.5 Å². The Balaban J connectivity index is 1.69. The largest absolute Gasteiger partial charge is 0.493 e. The molecule has 5 unspecified atom stereocenters. The van der Waals surface area contributed by atoms with Crippen LogP contribution in [0.2, 0.25) is 0 Å². The molecule has 8 heteroatoms. The van der Waals surface area contributed by atoms with Crippen LogP contribution in [0.4, 0.5) is 5.82 Å². The summed E-state index contributed by atoms with van der Waals surface area (Å²) in [6.07, 6.45) is 2.40. The smallest absolute Gasteiger partial charge is 0.295 e. The van der Waals surface area contributed by atoms with Gasteiger partial charge in [0.25, 0.3) is 5.91 Å². The van der Waals surface area contributed by atoms with E-state index in [1.54, 1.807) is 37.6 Å². The van der Waals surface area contributed by atoms with Crippen LogP contribution in [0.25, 0.3) is 0 Å². The van der Waals surface area contributed by atoms with Gasteiger partial charge >= 0.3 is 0 Å². The van der Waals surface area contributed by atoms with Crippen LogP contribution in [0.1, 0.15) is 31.4 Å². The normalized spacial score (nSPS) is 28.8. The molecule has 3 heterocycles. The number of ether oxygens (including phenoxy) is 3. The topological polar surface area (TPSA) is 78.0 Å². The van der Waals surface area contributed by atoms with E-state index < -0.39 is 12.0 Å². The molecule has 0 spiro atoms. The highest BCUT2D eigenvalue weighted by molar-refractivity contribution is 6.21. The number of hydrogen-bond donors (Lipinski definition) is 0. The highest BCUT2D eigenvalue weighted by atomic mass is 35.5. The number of carbonyl (C=O) groups excluding carboxylic acids is 2. The average Bonchev–Trinajstić information content (AvgIpc) is 3.12. The Morgan fingerprint density at radius 3 is 2.61 bits per heavy atom. The number of ketones is 1. The number of carbonyl (C=O) groups is 2. The summed E-state index contributed by atoms with van der Waals surface area (Å²) >= 11 is 6.54. The molecule has 172 valence electrons.